The first-order valence-electron chi connectivity index (χ1n) is 6.12. The molecule has 0 aliphatic heterocycles. The highest BCUT2D eigenvalue weighted by Gasteiger charge is 2.16. The third-order valence-electron chi connectivity index (χ3n) is 2.86. The van der Waals surface area contributed by atoms with Crippen LogP contribution < -0.4 is 4.74 Å². The summed E-state index contributed by atoms with van der Waals surface area (Å²) in [6.07, 6.45) is 0. The number of alkyl halides is 1. The Morgan fingerprint density at radius 1 is 1.32 bits per heavy atom. The highest BCUT2D eigenvalue weighted by atomic mass is 35.5. The Labute approximate surface area is 119 Å². The van der Waals surface area contributed by atoms with Crippen molar-refractivity contribution in [3.05, 3.63) is 29.3 Å². The van der Waals surface area contributed by atoms with Gasteiger partial charge in [-0.2, -0.15) is 0 Å². The average Bonchev–Trinajstić information content (AvgIpc) is 2.43. The molecule has 1 aromatic carbocycles. The Kier molecular flexibility index (Phi) is 6.67. The maximum absolute atomic E-state index is 12.4. The van der Waals surface area contributed by atoms with Gasteiger partial charge in [-0.1, -0.05) is 6.07 Å². The monoisotopic (exact) mass is 285 g/mol. The van der Waals surface area contributed by atoms with Crippen LogP contribution in [-0.4, -0.2) is 50.6 Å². The lowest BCUT2D eigenvalue weighted by atomic mass is 10.1. The van der Waals surface area contributed by atoms with Crippen LogP contribution in [0.25, 0.3) is 0 Å². The number of aryl methyl sites for hydroxylation is 1. The van der Waals surface area contributed by atoms with Crippen LogP contribution in [0.5, 0.6) is 5.75 Å². The molecule has 0 saturated heterocycles. The summed E-state index contributed by atoms with van der Waals surface area (Å²) in [5.41, 5.74) is 1.60. The molecule has 0 radical (unpaired) electrons. The summed E-state index contributed by atoms with van der Waals surface area (Å²) >= 11 is 5.73. The molecule has 1 amide bonds. The van der Waals surface area contributed by atoms with E-state index in [4.69, 9.17) is 21.1 Å². The number of rotatable bonds is 7. The van der Waals surface area contributed by atoms with Crippen LogP contribution in [0.4, 0.5) is 0 Å². The molecule has 0 saturated carbocycles. The summed E-state index contributed by atoms with van der Waals surface area (Å²) in [6, 6.07) is 5.43. The molecule has 1 aromatic rings. The first kappa shape index (κ1) is 15.8. The molecule has 0 bridgehead atoms. The van der Waals surface area contributed by atoms with E-state index in [1.54, 1.807) is 31.3 Å². The van der Waals surface area contributed by atoms with Crippen LogP contribution in [-0.2, 0) is 4.74 Å². The lowest BCUT2D eigenvalue weighted by Gasteiger charge is -2.21. The number of carbonyl (C=O) groups is 1. The minimum Gasteiger partial charge on any atom is -0.496 e. The van der Waals surface area contributed by atoms with Crippen molar-refractivity contribution in [3.8, 4) is 5.75 Å². The molecule has 19 heavy (non-hydrogen) atoms. The highest BCUT2D eigenvalue weighted by Crippen LogP contribution is 2.20. The number of halogens is 1. The number of benzene rings is 1. The number of nitrogens with zero attached hydrogens (tertiary/aromatic N) is 1. The molecule has 0 fully saturated rings. The van der Waals surface area contributed by atoms with Crippen LogP contribution in [0.1, 0.15) is 15.9 Å². The highest BCUT2D eigenvalue weighted by molar-refractivity contribution is 6.18. The third-order valence-corrected chi connectivity index (χ3v) is 3.03. The van der Waals surface area contributed by atoms with Gasteiger partial charge in [-0.3, -0.25) is 4.79 Å². The molecule has 106 valence electrons. The van der Waals surface area contributed by atoms with Crippen LogP contribution in [0.2, 0.25) is 0 Å². The van der Waals surface area contributed by atoms with Crippen molar-refractivity contribution in [2.24, 2.45) is 0 Å². The van der Waals surface area contributed by atoms with Crippen LogP contribution >= 0.6 is 11.6 Å². The van der Waals surface area contributed by atoms with E-state index in [0.29, 0.717) is 36.9 Å². The molecule has 0 N–H and O–H groups in total. The summed E-state index contributed by atoms with van der Waals surface area (Å²) < 4.78 is 10.2. The van der Waals surface area contributed by atoms with Crippen molar-refractivity contribution in [1.82, 2.24) is 4.90 Å². The smallest absolute Gasteiger partial charge is 0.254 e. The first-order chi connectivity index (χ1) is 9.13. The number of carbonyl (C=O) groups excluding carboxylic acids is 1. The Bertz CT molecular complexity index is 423. The number of amides is 1. The van der Waals surface area contributed by atoms with Crippen LogP contribution in [0, 0.1) is 6.92 Å². The fraction of sp³-hybridized carbons (Fsp3) is 0.500. The van der Waals surface area contributed by atoms with E-state index in [1.807, 2.05) is 13.0 Å². The molecule has 1 rings (SSSR count). The van der Waals surface area contributed by atoms with Crippen molar-refractivity contribution in [3.63, 3.8) is 0 Å². The van der Waals surface area contributed by atoms with Gasteiger partial charge in [0.25, 0.3) is 5.91 Å². The van der Waals surface area contributed by atoms with Gasteiger partial charge in [-0.15, -0.1) is 11.6 Å². The SMILES string of the molecule is COCCN(CCCl)C(=O)c1ccc(C)c(OC)c1. The van der Waals surface area contributed by atoms with E-state index in [9.17, 15) is 4.79 Å². The van der Waals surface area contributed by atoms with Gasteiger partial charge in [0.2, 0.25) is 0 Å². The standard InChI is InChI=1S/C14H20ClNO3/c1-11-4-5-12(10-13(11)19-3)14(17)16(7-6-15)8-9-18-2/h4-5,10H,6-9H2,1-3H3. The number of ether oxygens (including phenoxy) is 2. The second-order valence-electron chi connectivity index (χ2n) is 4.16. The molecular weight excluding hydrogens is 266 g/mol. The Hall–Kier alpha value is -1.26. The van der Waals surface area contributed by atoms with Gasteiger partial charge >= 0.3 is 0 Å². The zero-order chi connectivity index (χ0) is 14.3. The Balaban J connectivity index is 2.88. The predicted molar refractivity (Wildman–Crippen MR) is 76.2 cm³/mol. The Morgan fingerprint density at radius 2 is 2.05 bits per heavy atom. The quantitative estimate of drug-likeness (QED) is 0.722. The molecule has 0 aliphatic rings. The summed E-state index contributed by atoms with van der Waals surface area (Å²) in [7, 11) is 3.20. The van der Waals surface area contributed by atoms with Gasteiger partial charge < -0.3 is 14.4 Å². The van der Waals surface area contributed by atoms with Crippen LogP contribution in [0.15, 0.2) is 18.2 Å². The molecular formula is C14H20ClNO3. The van der Waals surface area contributed by atoms with Crippen molar-refractivity contribution in [1.29, 1.82) is 0 Å². The maximum atomic E-state index is 12.4. The van der Waals surface area contributed by atoms with Gasteiger partial charge in [0.15, 0.2) is 0 Å². The van der Waals surface area contributed by atoms with E-state index in [-0.39, 0.29) is 5.91 Å². The molecule has 0 spiro atoms. The number of methoxy groups -OCH3 is 2. The van der Waals surface area contributed by atoms with Crippen molar-refractivity contribution in [2.45, 2.75) is 6.92 Å². The van der Waals surface area contributed by atoms with E-state index in [0.717, 1.165) is 5.56 Å². The maximum Gasteiger partial charge on any atom is 0.254 e. The third kappa shape index (κ3) is 4.40. The fourth-order valence-corrected chi connectivity index (χ4v) is 1.96. The van der Waals surface area contributed by atoms with Gasteiger partial charge in [0.1, 0.15) is 5.75 Å². The van der Waals surface area contributed by atoms with E-state index in [1.165, 1.54) is 0 Å². The summed E-state index contributed by atoms with van der Waals surface area (Å²) in [4.78, 5) is 14.1. The summed E-state index contributed by atoms with van der Waals surface area (Å²) in [5.74, 6) is 1.05. The summed E-state index contributed by atoms with van der Waals surface area (Å²) in [6.45, 7) is 3.46. The molecule has 0 heterocycles. The summed E-state index contributed by atoms with van der Waals surface area (Å²) in [5, 5.41) is 0. The molecule has 0 atom stereocenters. The molecule has 0 aromatic heterocycles. The van der Waals surface area contributed by atoms with Crippen LogP contribution in [0.3, 0.4) is 0 Å². The van der Waals surface area contributed by atoms with Gasteiger partial charge in [0.05, 0.1) is 13.7 Å². The van der Waals surface area contributed by atoms with Gasteiger partial charge in [-0.05, 0) is 24.6 Å². The van der Waals surface area contributed by atoms with E-state index < -0.39 is 0 Å². The second kappa shape index (κ2) is 8.02. The molecule has 0 aliphatic carbocycles. The zero-order valence-electron chi connectivity index (χ0n) is 11.6. The minimum atomic E-state index is -0.0593. The lowest BCUT2D eigenvalue weighted by molar-refractivity contribution is 0.0707. The number of hydrogen-bond acceptors (Lipinski definition) is 3. The zero-order valence-corrected chi connectivity index (χ0v) is 12.4. The largest absolute Gasteiger partial charge is 0.496 e. The topological polar surface area (TPSA) is 38.8 Å². The van der Waals surface area contributed by atoms with Gasteiger partial charge in [-0.25, -0.2) is 0 Å². The minimum absolute atomic E-state index is 0.0593. The molecule has 5 heteroatoms. The average molecular weight is 286 g/mol. The molecule has 0 unspecified atom stereocenters. The van der Waals surface area contributed by atoms with E-state index in [2.05, 4.69) is 0 Å². The van der Waals surface area contributed by atoms with E-state index >= 15 is 0 Å². The van der Waals surface area contributed by atoms with Gasteiger partial charge in [0, 0.05) is 31.6 Å². The predicted octanol–water partition coefficient (Wildman–Crippen LogP) is 2.33. The fourth-order valence-electron chi connectivity index (χ4n) is 1.75. The van der Waals surface area contributed by atoms with Crippen molar-refractivity contribution < 1.29 is 14.3 Å². The first-order valence-corrected chi connectivity index (χ1v) is 6.66. The number of hydrogen-bond donors (Lipinski definition) is 0. The second-order valence-corrected chi connectivity index (χ2v) is 4.54. The molecule has 4 nitrogen and oxygen atoms in total. The van der Waals surface area contributed by atoms with Crippen molar-refractivity contribution >= 4 is 17.5 Å². The lowest BCUT2D eigenvalue weighted by Crippen LogP contribution is -2.35. The Morgan fingerprint density at radius 3 is 2.63 bits per heavy atom. The van der Waals surface area contributed by atoms with Crippen molar-refractivity contribution in [2.75, 3.05) is 39.8 Å². The normalized spacial score (nSPS) is 10.3.